The molecule has 0 aliphatic rings. The van der Waals surface area contributed by atoms with Gasteiger partial charge in [-0.3, -0.25) is 6.07 Å². The van der Waals surface area contributed by atoms with Crippen molar-refractivity contribution in [1.82, 2.24) is 0 Å². The van der Waals surface area contributed by atoms with Crippen LogP contribution in [0.5, 0.6) is 0 Å². The first-order valence-corrected chi connectivity index (χ1v) is 4.02. The summed E-state index contributed by atoms with van der Waals surface area (Å²) in [6.45, 7) is 6.21. The van der Waals surface area contributed by atoms with Gasteiger partial charge in [-0.25, -0.2) is 11.8 Å². The fraction of sp³-hybridized carbons (Fsp3) is 0.364. The molecule has 1 nitrogen and oxygen atoms in total. The molecule has 0 fully saturated rings. The van der Waals surface area contributed by atoms with Crippen LogP contribution in [0.25, 0.3) is 0 Å². The maximum Gasteiger partial charge on any atom is 2.00 e. The Kier molecular flexibility index (Phi) is 5.17. The van der Waals surface area contributed by atoms with Crippen molar-refractivity contribution < 1.29 is 21.1 Å². The summed E-state index contributed by atoms with van der Waals surface area (Å²) in [7, 11) is 0. The Labute approximate surface area is 94.5 Å². The van der Waals surface area contributed by atoms with Crippen molar-refractivity contribution >= 4 is 11.9 Å². The summed E-state index contributed by atoms with van der Waals surface area (Å²) >= 11 is 0. The number of nitrogens with zero attached hydrogens (tertiary/aromatic N) is 1. The SMILES string of the molecule is CC(C)(C)[C-]=Nc1[c-]cccc1.[W+2]. The summed E-state index contributed by atoms with van der Waals surface area (Å²) in [5.41, 5.74) is 0.858. The molecule has 0 amide bonds. The van der Waals surface area contributed by atoms with Crippen molar-refractivity contribution in [3.05, 3.63) is 30.3 Å². The van der Waals surface area contributed by atoms with Crippen LogP contribution in [0.3, 0.4) is 0 Å². The summed E-state index contributed by atoms with van der Waals surface area (Å²) < 4.78 is 0. The molecule has 0 aliphatic carbocycles. The molecule has 13 heavy (non-hydrogen) atoms. The van der Waals surface area contributed by atoms with Gasteiger partial charge in [0.15, 0.2) is 0 Å². The van der Waals surface area contributed by atoms with E-state index in [0.717, 1.165) is 5.69 Å². The van der Waals surface area contributed by atoms with Crippen molar-refractivity contribution in [3.8, 4) is 0 Å². The molecule has 0 unspecified atom stereocenters. The predicted molar refractivity (Wildman–Crippen MR) is 51.8 cm³/mol. The van der Waals surface area contributed by atoms with Crippen molar-refractivity contribution in [2.24, 2.45) is 10.4 Å². The molecule has 0 atom stereocenters. The Balaban J connectivity index is 0.00000144. The first-order valence-electron chi connectivity index (χ1n) is 4.02. The summed E-state index contributed by atoms with van der Waals surface area (Å²) in [5, 5.41) is 0. The Morgan fingerprint density at radius 1 is 1.31 bits per heavy atom. The van der Waals surface area contributed by atoms with Crippen molar-refractivity contribution in [2.45, 2.75) is 20.8 Å². The molecule has 1 rings (SSSR count). The van der Waals surface area contributed by atoms with Gasteiger partial charge >= 0.3 is 21.1 Å². The topological polar surface area (TPSA) is 12.4 Å². The minimum Gasteiger partial charge on any atom is -0.481 e. The van der Waals surface area contributed by atoms with Crippen LogP contribution in [0.15, 0.2) is 29.3 Å². The second-order valence-electron chi connectivity index (χ2n) is 3.72. The fourth-order valence-electron chi connectivity index (χ4n) is 0.681. The fourth-order valence-corrected chi connectivity index (χ4v) is 0.681. The molecule has 0 bridgehead atoms. The van der Waals surface area contributed by atoms with Gasteiger partial charge in [-0.05, 0) is 0 Å². The number of hydrogen-bond acceptors (Lipinski definition) is 1. The van der Waals surface area contributed by atoms with Gasteiger partial charge < -0.3 is 4.99 Å². The van der Waals surface area contributed by atoms with Gasteiger partial charge in [0.05, 0.1) is 0 Å². The molecule has 0 N–H and O–H groups in total. The minimum atomic E-state index is 0. The van der Waals surface area contributed by atoms with Gasteiger partial charge in [0.1, 0.15) is 0 Å². The van der Waals surface area contributed by atoms with E-state index in [1.807, 2.05) is 24.3 Å². The molecule has 0 heterocycles. The van der Waals surface area contributed by atoms with Crippen LogP contribution in [0.4, 0.5) is 5.69 Å². The van der Waals surface area contributed by atoms with Gasteiger partial charge in [0.25, 0.3) is 0 Å². The molecular weight excluding hydrogens is 330 g/mol. The van der Waals surface area contributed by atoms with Crippen LogP contribution in [0.2, 0.25) is 0 Å². The third kappa shape index (κ3) is 5.76. The number of benzene rings is 1. The molecule has 0 aliphatic heterocycles. The van der Waals surface area contributed by atoms with E-state index in [9.17, 15) is 0 Å². The molecule has 0 radical (unpaired) electrons. The Bertz CT molecular complexity index is 259. The van der Waals surface area contributed by atoms with Crippen LogP contribution >= 0.6 is 0 Å². The molecule has 2 heteroatoms. The van der Waals surface area contributed by atoms with Crippen LogP contribution in [0.1, 0.15) is 20.8 Å². The van der Waals surface area contributed by atoms with Crippen LogP contribution in [-0.2, 0) is 21.1 Å². The third-order valence-corrected chi connectivity index (χ3v) is 1.20. The average Bonchev–Trinajstić information content (AvgIpc) is 2.02. The normalized spacial score (nSPS) is 11.3. The Morgan fingerprint density at radius 2 is 2.00 bits per heavy atom. The van der Waals surface area contributed by atoms with Gasteiger partial charge in [-0.1, -0.05) is 26.2 Å². The van der Waals surface area contributed by atoms with Gasteiger partial charge in [0.2, 0.25) is 0 Å². The average molecular weight is 343 g/mol. The van der Waals surface area contributed by atoms with Gasteiger partial charge in [0, 0.05) is 0 Å². The smallest absolute Gasteiger partial charge is 0.481 e. The van der Waals surface area contributed by atoms with Crippen molar-refractivity contribution in [2.75, 3.05) is 0 Å². The summed E-state index contributed by atoms with van der Waals surface area (Å²) in [6, 6.07) is 10.6. The summed E-state index contributed by atoms with van der Waals surface area (Å²) in [6.07, 6.45) is 3.03. The molecule has 0 aromatic heterocycles. The van der Waals surface area contributed by atoms with E-state index >= 15 is 0 Å². The van der Waals surface area contributed by atoms with Gasteiger partial charge in [-0.15, -0.1) is 0 Å². The number of aliphatic imine (C=N–C) groups is 1. The molecule has 0 spiro atoms. The molecule has 1 aromatic rings. The third-order valence-electron chi connectivity index (χ3n) is 1.20. The number of hydrogen-bond donors (Lipinski definition) is 0. The first-order chi connectivity index (χ1) is 5.58. The molecule has 0 saturated heterocycles. The van der Waals surface area contributed by atoms with E-state index in [1.54, 1.807) is 0 Å². The van der Waals surface area contributed by atoms with Crippen LogP contribution in [-0.4, -0.2) is 6.21 Å². The molecule has 0 saturated carbocycles. The summed E-state index contributed by atoms with van der Waals surface area (Å²) in [4.78, 5) is 4.17. The van der Waals surface area contributed by atoms with E-state index in [0.29, 0.717) is 0 Å². The Morgan fingerprint density at radius 3 is 2.46 bits per heavy atom. The van der Waals surface area contributed by atoms with Gasteiger partial charge in [-0.2, -0.15) is 24.4 Å². The zero-order valence-corrected chi connectivity index (χ0v) is 11.1. The van der Waals surface area contributed by atoms with Crippen molar-refractivity contribution in [1.29, 1.82) is 0 Å². The second kappa shape index (κ2) is 5.34. The largest absolute Gasteiger partial charge is 2.00 e. The maximum absolute atomic E-state index is 4.17. The first kappa shape index (κ1) is 12.6. The standard InChI is InChI=1S/C11H13N.W/c1-11(2,3)9-12-10-7-5-4-6-8-10;/h4-7H,1-3H3;/q-2;+2. The van der Waals surface area contributed by atoms with Crippen molar-refractivity contribution in [3.63, 3.8) is 0 Å². The van der Waals surface area contributed by atoms with Crippen LogP contribution in [0, 0.1) is 11.5 Å². The minimum absolute atomic E-state index is 0. The molecule has 1 aromatic carbocycles. The predicted octanol–water partition coefficient (Wildman–Crippen LogP) is 3.11. The molecular formula is C11H13NW. The number of para-hydroxylation sites is 1. The Hall–Kier alpha value is -0.422. The van der Waals surface area contributed by atoms with E-state index in [1.165, 1.54) is 0 Å². The van der Waals surface area contributed by atoms with E-state index in [4.69, 9.17) is 0 Å². The maximum atomic E-state index is 4.17. The van der Waals surface area contributed by atoms with E-state index < -0.39 is 0 Å². The van der Waals surface area contributed by atoms with E-state index in [2.05, 4.69) is 38.0 Å². The zero-order chi connectivity index (χ0) is 9.03. The molecule has 68 valence electrons. The van der Waals surface area contributed by atoms with E-state index in [-0.39, 0.29) is 26.5 Å². The monoisotopic (exact) mass is 343 g/mol. The number of rotatable bonds is 1. The zero-order valence-electron chi connectivity index (χ0n) is 8.16. The summed E-state index contributed by atoms with van der Waals surface area (Å²) in [5.74, 6) is 0. The quantitative estimate of drug-likeness (QED) is 0.549. The second-order valence-corrected chi connectivity index (χ2v) is 3.72. The van der Waals surface area contributed by atoms with Crippen LogP contribution < -0.4 is 0 Å².